The Hall–Kier alpha value is -2.31. The Morgan fingerprint density at radius 2 is 2.05 bits per heavy atom. The summed E-state index contributed by atoms with van der Waals surface area (Å²) in [6.07, 6.45) is 1.55. The Labute approximate surface area is 114 Å². The van der Waals surface area contributed by atoms with Crippen molar-refractivity contribution in [3.05, 3.63) is 35.4 Å². The Morgan fingerprint density at radius 1 is 1.35 bits per heavy atom. The molecule has 0 saturated carbocycles. The minimum absolute atomic E-state index is 0.245. The number of amides is 3. The van der Waals surface area contributed by atoms with Crippen LogP contribution in [0, 0.1) is 11.6 Å². The predicted octanol–water partition coefficient (Wildman–Crippen LogP) is 2.02. The van der Waals surface area contributed by atoms with Crippen molar-refractivity contribution in [2.75, 3.05) is 0 Å². The van der Waals surface area contributed by atoms with Crippen LogP contribution in [0.15, 0.2) is 23.3 Å². The SMILES string of the molecule is CCC1(C)NC(=O)N(/N=C/c2ccc(F)c(F)c2)C1=O. The van der Waals surface area contributed by atoms with Gasteiger partial charge in [-0.05, 0) is 31.0 Å². The third-order valence-electron chi connectivity index (χ3n) is 3.21. The molecule has 0 radical (unpaired) electrons. The Balaban J connectivity index is 2.21. The summed E-state index contributed by atoms with van der Waals surface area (Å²) >= 11 is 0. The van der Waals surface area contributed by atoms with Crippen LogP contribution in [0.5, 0.6) is 0 Å². The van der Waals surface area contributed by atoms with Crippen LogP contribution >= 0.6 is 0 Å². The van der Waals surface area contributed by atoms with Gasteiger partial charge in [-0.2, -0.15) is 5.10 Å². The van der Waals surface area contributed by atoms with Gasteiger partial charge in [-0.3, -0.25) is 4.79 Å². The summed E-state index contributed by atoms with van der Waals surface area (Å²) < 4.78 is 25.8. The molecular weight excluding hydrogens is 268 g/mol. The van der Waals surface area contributed by atoms with Gasteiger partial charge in [0.2, 0.25) is 0 Å². The molecule has 1 atom stereocenters. The van der Waals surface area contributed by atoms with E-state index in [1.165, 1.54) is 6.07 Å². The first-order valence-electron chi connectivity index (χ1n) is 6.03. The van der Waals surface area contributed by atoms with Crippen LogP contribution in [0.25, 0.3) is 0 Å². The summed E-state index contributed by atoms with van der Waals surface area (Å²) in [6, 6.07) is 2.52. The summed E-state index contributed by atoms with van der Waals surface area (Å²) in [6.45, 7) is 3.36. The predicted molar refractivity (Wildman–Crippen MR) is 68.0 cm³/mol. The maximum atomic E-state index is 13.0. The van der Waals surface area contributed by atoms with Crippen molar-refractivity contribution >= 4 is 18.2 Å². The number of carbonyl (C=O) groups is 2. The van der Waals surface area contributed by atoms with Crippen molar-refractivity contribution in [2.45, 2.75) is 25.8 Å². The molecule has 20 heavy (non-hydrogen) atoms. The third kappa shape index (κ3) is 2.38. The zero-order valence-corrected chi connectivity index (χ0v) is 11.0. The molecule has 5 nitrogen and oxygen atoms in total. The number of halogens is 2. The monoisotopic (exact) mass is 281 g/mol. The van der Waals surface area contributed by atoms with Crippen molar-refractivity contribution < 1.29 is 18.4 Å². The lowest BCUT2D eigenvalue weighted by Gasteiger charge is -2.17. The Morgan fingerprint density at radius 3 is 2.60 bits per heavy atom. The number of urea groups is 1. The van der Waals surface area contributed by atoms with Crippen molar-refractivity contribution in [1.29, 1.82) is 0 Å². The minimum Gasteiger partial charge on any atom is -0.322 e. The van der Waals surface area contributed by atoms with E-state index in [0.29, 0.717) is 11.4 Å². The number of benzene rings is 1. The number of carbonyl (C=O) groups excluding carboxylic acids is 2. The van der Waals surface area contributed by atoms with E-state index in [1.807, 2.05) is 0 Å². The van der Waals surface area contributed by atoms with E-state index >= 15 is 0 Å². The molecule has 7 heteroatoms. The minimum atomic E-state index is -1.02. The first-order valence-corrected chi connectivity index (χ1v) is 6.03. The molecule has 1 heterocycles. The fourth-order valence-electron chi connectivity index (χ4n) is 1.73. The van der Waals surface area contributed by atoms with Gasteiger partial charge in [-0.15, -0.1) is 5.01 Å². The molecule has 1 fully saturated rings. The normalized spacial score (nSPS) is 22.7. The molecular formula is C13H13F2N3O2. The number of hydrazone groups is 1. The van der Waals surface area contributed by atoms with Gasteiger partial charge in [-0.25, -0.2) is 13.6 Å². The first kappa shape index (κ1) is 14.1. The molecule has 1 saturated heterocycles. The summed E-state index contributed by atoms with van der Waals surface area (Å²) in [5.41, 5.74) is -0.739. The second-order valence-electron chi connectivity index (χ2n) is 4.65. The van der Waals surface area contributed by atoms with Crippen molar-refractivity contribution in [3.8, 4) is 0 Å². The first-order chi connectivity index (χ1) is 9.37. The molecule has 3 amide bonds. The Kier molecular flexibility index (Phi) is 3.52. The highest BCUT2D eigenvalue weighted by molar-refractivity contribution is 6.07. The average Bonchev–Trinajstić information content (AvgIpc) is 2.63. The second kappa shape index (κ2) is 4.99. The van der Waals surface area contributed by atoms with Crippen molar-refractivity contribution in [3.63, 3.8) is 0 Å². The molecule has 1 aliphatic rings. The topological polar surface area (TPSA) is 61.8 Å². The fraction of sp³-hybridized carbons (Fsp3) is 0.308. The number of hydrogen-bond acceptors (Lipinski definition) is 3. The smallest absolute Gasteiger partial charge is 0.322 e. The van der Waals surface area contributed by atoms with Gasteiger partial charge in [0, 0.05) is 0 Å². The zero-order chi connectivity index (χ0) is 14.9. The molecule has 1 unspecified atom stereocenters. The molecule has 1 aliphatic heterocycles. The van der Waals surface area contributed by atoms with E-state index in [0.717, 1.165) is 18.3 Å². The number of hydrogen-bond donors (Lipinski definition) is 1. The van der Waals surface area contributed by atoms with Crippen LogP contribution in [0.3, 0.4) is 0 Å². The second-order valence-corrected chi connectivity index (χ2v) is 4.65. The van der Waals surface area contributed by atoms with Crippen molar-refractivity contribution in [1.82, 2.24) is 10.3 Å². The van der Waals surface area contributed by atoms with Crippen LogP contribution in [-0.2, 0) is 4.79 Å². The lowest BCUT2D eigenvalue weighted by Crippen LogP contribution is -2.42. The lowest BCUT2D eigenvalue weighted by molar-refractivity contribution is -0.130. The van der Waals surface area contributed by atoms with Crippen molar-refractivity contribution in [2.24, 2.45) is 5.10 Å². The van der Waals surface area contributed by atoms with Crippen LogP contribution in [-0.4, -0.2) is 28.7 Å². The number of rotatable bonds is 3. The molecule has 1 N–H and O–H groups in total. The highest BCUT2D eigenvalue weighted by atomic mass is 19.2. The van der Waals surface area contributed by atoms with E-state index in [4.69, 9.17) is 0 Å². The summed E-state index contributed by atoms with van der Waals surface area (Å²) in [5.74, 6) is -2.48. The molecule has 1 aromatic carbocycles. The maximum Gasteiger partial charge on any atom is 0.346 e. The molecule has 2 rings (SSSR count). The molecule has 106 valence electrons. The standard InChI is InChI=1S/C13H13F2N3O2/c1-3-13(2)11(19)18(12(20)17-13)16-7-8-4-5-9(14)10(15)6-8/h4-7H,3H2,1-2H3,(H,17,20)/b16-7+. The quantitative estimate of drug-likeness (QED) is 0.680. The van der Waals surface area contributed by atoms with Gasteiger partial charge in [0.05, 0.1) is 6.21 Å². The molecule has 0 aliphatic carbocycles. The van der Waals surface area contributed by atoms with Gasteiger partial charge in [-0.1, -0.05) is 13.0 Å². The van der Waals surface area contributed by atoms with Gasteiger partial charge in [0.15, 0.2) is 11.6 Å². The number of nitrogens with one attached hydrogen (secondary N) is 1. The molecule has 1 aromatic rings. The average molecular weight is 281 g/mol. The molecule has 0 aromatic heterocycles. The fourth-order valence-corrected chi connectivity index (χ4v) is 1.73. The van der Waals surface area contributed by atoms with Crippen LogP contribution < -0.4 is 5.32 Å². The largest absolute Gasteiger partial charge is 0.346 e. The number of nitrogens with zero attached hydrogens (tertiary/aromatic N) is 2. The van der Waals surface area contributed by atoms with Crippen LogP contribution in [0.1, 0.15) is 25.8 Å². The molecule has 0 bridgehead atoms. The highest BCUT2D eigenvalue weighted by Gasteiger charge is 2.46. The zero-order valence-electron chi connectivity index (χ0n) is 11.0. The van der Waals surface area contributed by atoms with Gasteiger partial charge >= 0.3 is 6.03 Å². The van der Waals surface area contributed by atoms with E-state index in [2.05, 4.69) is 10.4 Å². The van der Waals surface area contributed by atoms with E-state index < -0.39 is 29.1 Å². The van der Waals surface area contributed by atoms with E-state index in [-0.39, 0.29) is 5.56 Å². The number of imide groups is 1. The Bertz CT molecular complexity index is 603. The van der Waals surface area contributed by atoms with Gasteiger partial charge < -0.3 is 5.32 Å². The highest BCUT2D eigenvalue weighted by Crippen LogP contribution is 2.20. The van der Waals surface area contributed by atoms with Crippen LogP contribution in [0.2, 0.25) is 0 Å². The summed E-state index contributed by atoms with van der Waals surface area (Å²) in [7, 11) is 0. The van der Waals surface area contributed by atoms with E-state index in [9.17, 15) is 18.4 Å². The lowest BCUT2D eigenvalue weighted by atomic mass is 10.00. The maximum absolute atomic E-state index is 13.0. The molecule has 0 spiro atoms. The van der Waals surface area contributed by atoms with Gasteiger partial charge in [0.25, 0.3) is 5.91 Å². The van der Waals surface area contributed by atoms with E-state index in [1.54, 1.807) is 13.8 Å². The summed E-state index contributed by atoms with van der Waals surface area (Å²) in [4.78, 5) is 23.7. The third-order valence-corrected chi connectivity index (χ3v) is 3.21. The summed E-state index contributed by atoms with van der Waals surface area (Å²) in [5, 5.41) is 6.94. The van der Waals surface area contributed by atoms with Gasteiger partial charge in [0.1, 0.15) is 5.54 Å². The van der Waals surface area contributed by atoms with Crippen LogP contribution in [0.4, 0.5) is 13.6 Å².